The van der Waals surface area contributed by atoms with Crippen molar-refractivity contribution in [3.8, 4) is 0 Å². The van der Waals surface area contributed by atoms with Gasteiger partial charge in [-0.1, -0.05) is 59.6 Å². The Hall–Kier alpha value is -1.31. The Balaban J connectivity index is 2.57. The third-order valence-electron chi connectivity index (χ3n) is 2.78. The van der Waals surface area contributed by atoms with E-state index in [1.54, 1.807) is 6.07 Å². The van der Waals surface area contributed by atoms with Gasteiger partial charge in [-0.3, -0.25) is 4.79 Å². The largest absolute Gasteiger partial charge is 0.288 e. The Morgan fingerprint density at radius 2 is 1.44 bits per heavy atom. The minimum Gasteiger partial charge on any atom is -0.288 e. The van der Waals surface area contributed by atoms with Crippen LogP contribution in [0.4, 0.5) is 0 Å². The number of ketones is 1. The van der Waals surface area contributed by atoms with E-state index in [4.69, 9.17) is 23.2 Å². The van der Waals surface area contributed by atoms with Crippen LogP contribution >= 0.6 is 23.2 Å². The number of allylic oxidation sites excluding steroid dienone is 1. The molecule has 0 saturated carbocycles. The Morgan fingerprint density at radius 3 is 2.12 bits per heavy atom. The lowest BCUT2D eigenvalue weighted by atomic mass is 9.92. The second-order valence-corrected chi connectivity index (χ2v) is 4.42. The van der Waals surface area contributed by atoms with Crippen LogP contribution in [-0.2, 0) is 0 Å². The third kappa shape index (κ3) is 1.16. The number of hydrogen-bond donors (Lipinski definition) is 0. The summed E-state index contributed by atoms with van der Waals surface area (Å²) in [6.45, 7) is 0. The maximum absolute atomic E-state index is 11.9. The van der Waals surface area contributed by atoms with Crippen molar-refractivity contribution in [3.63, 3.8) is 0 Å². The summed E-state index contributed by atoms with van der Waals surface area (Å²) in [4.78, 5) is 11.9. The lowest BCUT2D eigenvalue weighted by Crippen LogP contribution is -2.07. The molecule has 3 heteroatoms. The highest BCUT2D eigenvalue weighted by Gasteiger charge is 2.25. The molecule has 0 bridgehead atoms. The number of rotatable bonds is 0. The minimum absolute atomic E-state index is 0.105. The van der Waals surface area contributed by atoms with Gasteiger partial charge in [-0.25, -0.2) is 0 Å². The number of carbonyl (C=O) groups is 1. The molecule has 78 valence electrons. The van der Waals surface area contributed by atoms with Gasteiger partial charge in [-0.2, -0.15) is 0 Å². The molecule has 3 rings (SSSR count). The lowest BCUT2D eigenvalue weighted by Gasteiger charge is -2.16. The third-order valence-corrected chi connectivity index (χ3v) is 3.63. The van der Waals surface area contributed by atoms with Gasteiger partial charge in [-0.05, 0) is 5.39 Å². The van der Waals surface area contributed by atoms with Gasteiger partial charge < -0.3 is 0 Å². The summed E-state index contributed by atoms with van der Waals surface area (Å²) >= 11 is 12.0. The molecule has 0 radical (unpaired) electrons. The summed E-state index contributed by atoms with van der Waals surface area (Å²) in [5, 5.41) is 2.35. The van der Waals surface area contributed by atoms with Crippen molar-refractivity contribution in [1.82, 2.24) is 0 Å². The average Bonchev–Trinajstić information content (AvgIpc) is 2.33. The van der Waals surface area contributed by atoms with Crippen LogP contribution in [0.5, 0.6) is 0 Å². The smallest absolute Gasteiger partial charge is 0.206 e. The van der Waals surface area contributed by atoms with E-state index in [2.05, 4.69) is 0 Å². The maximum Gasteiger partial charge on any atom is 0.206 e. The fourth-order valence-electron chi connectivity index (χ4n) is 2.05. The summed E-state index contributed by atoms with van der Waals surface area (Å²) in [5.74, 6) is -0.198. The van der Waals surface area contributed by atoms with Gasteiger partial charge in [0.25, 0.3) is 0 Å². The predicted molar refractivity (Wildman–Crippen MR) is 66.9 cm³/mol. The Labute approximate surface area is 102 Å². The molecule has 0 spiro atoms. The first-order valence-electron chi connectivity index (χ1n) is 4.82. The highest BCUT2D eigenvalue weighted by atomic mass is 35.5. The number of carbonyl (C=O) groups excluding carboxylic acids is 1. The van der Waals surface area contributed by atoms with Gasteiger partial charge in [0.2, 0.25) is 5.78 Å². The van der Waals surface area contributed by atoms with Crippen molar-refractivity contribution in [3.05, 3.63) is 52.6 Å². The zero-order valence-corrected chi connectivity index (χ0v) is 9.64. The predicted octanol–water partition coefficient (Wildman–Crippen LogP) is 4.18. The minimum atomic E-state index is -0.198. The van der Waals surface area contributed by atoms with Crippen molar-refractivity contribution < 1.29 is 4.79 Å². The zero-order valence-electron chi connectivity index (χ0n) is 8.13. The normalized spacial score (nSPS) is 14.8. The van der Waals surface area contributed by atoms with Crippen LogP contribution in [0.3, 0.4) is 0 Å². The van der Waals surface area contributed by atoms with E-state index in [9.17, 15) is 4.79 Å². The van der Waals surface area contributed by atoms with E-state index in [1.807, 2.05) is 30.3 Å². The molecule has 1 aliphatic carbocycles. The molecule has 0 fully saturated rings. The van der Waals surface area contributed by atoms with Gasteiger partial charge in [0.1, 0.15) is 5.03 Å². The van der Waals surface area contributed by atoms with Crippen LogP contribution in [0.15, 0.2) is 41.4 Å². The zero-order chi connectivity index (χ0) is 11.3. The van der Waals surface area contributed by atoms with Gasteiger partial charge in [0.05, 0.1) is 5.03 Å². The van der Waals surface area contributed by atoms with Crippen molar-refractivity contribution in [2.75, 3.05) is 0 Å². The Morgan fingerprint density at radius 1 is 0.812 bits per heavy atom. The van der Waals surface area contributed by atoms with Gasteiger partial charge >= 0.3 is 0 Å². The van der Waals surface area contributed by atoms with E-state index >= 15 is 0 Å². The lowest BCUT2D eigenvalue weighted by molar-refractivity contribution is 0.104. The summed E-state index contributed by atoms with van der Waals surface area (Å²) < 4.78 is 0. The molecule has 0 atom stereocenters. The van der Waals surface area contributed by atoms with E-state index in [0.29, 0.717) is 10.6 Å². The summed E-state index contributed by atoms with van der Waals surface area (Å²) in [5.41, 5.74) is 1.46. The highest BCUT2D eigenvalue weighted by molar-refractivity contribution is 6.63. The van der Waals surface area contributed by atoms with Crippen molar-refractivity contribution in [2.24, 2.45) is 0 Å². The van der Waals surface area contributed by atoms with Crippen molar-refractivity contribution in [2.45, 2.75) is 0 Å². The molecule has 16 heavy (non-hydrogen) atoms. The molecule has 0 saturated heterocycles. The van der Waals surface area contributed by atoms with Crippen molar-refractivity contribution in [1.29, 1.82) is 0 Å². The molecule has 0 N–H and O–H groups in total. The molecule has 0 aliphatic heterocycles. The van der Waals surface area contributed by atoms with Crippen LogP contribution in [0.1, 0.15) is 15.9 Å². The second-order valence-electron chi connectivity index (χ2n) is 3.67. The molecule has 2 aromatic rings. The second kappa shape index (κ2) is 3.34. The fourth-order valence-corrected chi connectivity index (χ4v) is 2.50. The van der Waals surface area contributed by atoms with E-state index in [1.165, 1.54) is 0 Å². The molecule has 1 nitrogen and oxygen atoms in total. The fraction of sp³-hybridized carbons (Fsp3) is 0. The topological polar surface area (TPSA) is 17.1 Å². The SMILES string of the molecule is O=C1C(Cl)=C(Cl)c2cccc3cccc1c23. The first-order chi connectivity index (χ1) is 7.70. The van der Waals surface area contributed by atoms with Gasteiger partial charge in [-0.15, -0.1) is 0 Å². The van der Waals surface area contributed by atoms with Crippen LogP contribution in [0.2, 0.25) is 0 Å². The van der Waals surface area contributed by atoms with Crippen LogP contribution in [0.25, 0.3) is 15.8 Å². The first-order valence-corrected chi connectivity index (χ1v) is 5.58. The monoisotopic (exact) mass is 248 g/mol. The standard InChI is InChI=1S/C13H6Cl2O/c14-11-8-5-1-3-7-4-2-6-9(10(7)8)13(16)12(11)15/h1-6H. The van der Waals surface area contributed by atoms with Gasteiger partial charge in [0.15, 0.2) is 0 Å². The van der Waals surface area contributed by atoms with E-state index in [-0.39, 0.29) is 10.8 Å². The number of hydrogen-bond acceptors (Lipinski definition) is 1. The molecule has 0 aromatic heterocycles. The highest BCUT2D eigenvalue weighted by Crippen LogP contribution is 2.39. The van der Waals surface area contributed by atoms with Crippen LogP contribution in [-0.4, -0.2) is 5.78 Å². The van der Waals surface area contributed by atoms with Crippen LogP contribution < -0.4 is 0 Å². The summed E-state index contributed by atoms with van der Waals surface area (Å²) in [6.07, 6.45) is 0. The number of halogens is 2. The van der Waals surface area contributed by atoms with Crippen molar-refractivity contribution >= 4 is 44.8 Å². The van der Waals surface area contributed by atoms with E-state index < -0.39 is 0 Å². The molecule has 0 heterocycles. The molecule has 0 amide bonds. The Bertz CT molecular complexity index is 651. The van der Waals surface area contributed by atoms with E-state index in [0.717, 1.165) is 16.3 Å². The quantitative estimate of drug-likeness (QED) is 0.684. The van der Waals surface area contributed by atoms with Gasteiger partial charge in [0, 0.05) is 16.5 Å². The Kier molecular flexibility index (Phi) is 2.06. The number of benzene rings is 2. The maximum atomic E-state index is 11.9. The molecular weight excluding hydrogens is 243 g/mol. The number of Topliss-reactive ketones (excluding diaryl/α,β-unsaturated/α-hetero) is 1. The summed E-state index contributed by atoms with van der Waals surface area (Å²) in [7, 11) is 0. The van der Waals surface area contributed by atoms with Crippen LogP contribution in [0, 0.1) is 0 Å². The molecule has 0 unspecified atom stereocenters. The average molecular weight is 249 g/mol. The molecule has 1 aliphatic rings. The molecule has 2 aromatic carbocycles. The summed E-state index contributed by atoms with van der Waals surface area (Å²) in [6, 6.07) is 11.3. The first kappa shape index (κ1) is 9.88. The molecular formula is C13H6Cl2O.